The summed E-state index contributed by atoms with van der Waals surface area (Å²) in [6.45, 7) is 8.67. The number of halogens is 1. The Morgan fingerprint density at radius 2 is 1.90 bits per heavy atom. The number of likely N-dealkylation sites (tertiary alicyclic amines) is 1. The van der Waals surface area contributed by atoms with Crippen LogP contribution in [0.2, 0.25) is 0 Å². The fraction of sp³-hybridized carbons (Fsp3) is 0.923. The van der Waals surface area contributed by atoms with Crippen LogP contribution in [0.1, 0.15) is 84.5 Å². The van der Waals surface area contributed by atoms with Crippen molar-refractivity contribution in [3.8, 4) is 0 Å². The first-order chi connectivity index (χ1) is 14.9. The van der Waals surface area contributed by atoms with Crippen molar-refractivity contribution in [2.75, 3.05) is 26.2 Å². The molecule has 0 aromatic heterocycles. The molecule has 5 aliphatic rings. The van der Waals surface area contributed by atoms with Crippen molar-refractivity contribution >= 4 is 11.5 Å². The monoisotopic (exact) mass is 432 g/mol. The average Bonchev–Trinajstić information content (AvgIpc) is 3.01. The molecule has 1 aliphatic heterocycles. The Hall–Kier alpha value is -0.970. The molecule has 0 aromatic rings. The molecular formula is C26H41FN2O2. The van der Waals surface area contributed by atoms with Crippen LogP contribution in [0.5, 0.6) is 0 Å². The van der Waals surface area contributed by atoms with Gasteiger partial charge in [-0.1, -0.05) is 25.4 Å². The van der Waals surface area contributed by atoms with E-state index in [2.05, 4.69) is 23.9 Å². The van der Waals surface area contributed by atoms with Crippen LogP contribution >= 0.6 is 0 Å². The van der Waals surface area contributed by atoms with Crippen molar-refractivity contribution in [3.05, 3.63) is 0 Å². The summed E-state index contributed by atoms with van der Waals surface area (Å²) in [4.78, 5) is 20.8. The number of oxime groups is 1. The molecule has 0 amide bonds. The van der Waals surface area contributed by atoms with Gasteiger partial charge in [-0.25, -0.2) is 4.39 Å². The van der Waals surface area contributed by atoms with E-state index in [1.807, 2.05) is 0 Å². The Labute approximate surface area is 187 Å². The summed E-state index contributed by atoms with van der Waals surface area (Å²) < 4.78 is 14.4. The van der Waals surface area contributed by atoms with Gasteiger partial charge in [0.15, 0.2) is 12.0 Å². The molecule has 0 N–H and O–H groups in total. The average molecular weight is 433 g/mol. The van der Waals surface area contributed by atoms with Gasteiger partial charge in [0.1, 0.15) is 6.61 Å². The molecule has 31 heavy (non-hydrogen) atoms. The number of Topliss-reactive ketones (excluding diaryl/α,β-unsaturated/α-hetero) is 1. The van der Waals surface area contributed by atoms with Crippen molar-refractivity contribution < 1.29 is 14.0 Å². The maximum absolute atomic E-state index is 14.4. The topological polar surface area (TPSA) is 41.9 Å². The van der Waals surface area contributed by atoms with E-state index in [0.29, 0.717) is 36.2 Å². The highest BCUT2D eigenvalue weighted by molar-refractivity contribution is 5.91. The van der Waals surface area contributed by atoms with Gasteiger partial charge in [0.25, 0.3) is 0 Å². The number of nitrogens with zero attached hydrogens (tertiary/aromatic N) is 2. The van der Waals surface area contributed by atoms with Gasteiger partial charge in [0.05, 0.1) is 5.71 Å². The zero-order valence-electron chi connectivity index (χ0n) is 19.6. The van der Waals surface area contributed by atoms with Gasteiger partial charge >= 0.3 is 0 Å². The van der Waals surface area contributed by atoms with E-state index >= 15 is 0 Å². The standard InChI is InChI=1S/C26H41FN2O2/c1-25-10-8-19(28-31-15-14-29-12-4-3-5-13-29)16-18(25)6-7-20-21(25)9-11-26(2)22(20)17-23(27)24(26)30/h18,20-23H,3-17H2,1-2H3. The molecule has 0 bridgehead atoms. The summed E-state index contributed by atoms with van der Waals surface area (Å²) in [5.41, 5.74) is 1.17. The highest BCUT2D eigenvalue weighted by Crippen LogP contribution is 2.65. The molecule has 0 spiro atoms. The van der Waals surface area contributed by atoms with Crippen molar-refractivity contribution in [2.24, 2.45) is 39.7 Å². The molecule has 1 saturated heterocycles. The molecule has 7 atom stereocenters. The highest BCUT2D eigenvalue weighted by Gasteiger charge is 2.62. The normalized spacial score (nSPS) is 47.0. The lowest BCUT2D eigenvalue weighted by atomic mass is 9.45. The van der Waals surface area contributed by atoms with Crippen molar-refractivity contribution in [2.45, 2.75) is 90.6 Å². The molecular weight excluding hydrogens is 391 g/mol. The quantitative estimate of drug-likeness (QED) is 0.441. The Kier molecular flexibility index (Phi) is 5.94. The van der Waals surface area contributed by atoms with Gasteiger partial charge in [-0.15, -0.1) is 0 Å². The third kappa shape index (κ3) is 3.77. The van der Waals surface area contributed by atoms with Crippen molar-refractivity contribution in [1.82, 2.24) is 4.90 Å². The van der Waals surface area contributed by atoms with Crippen LogP contribution in [0.3, 0.4) is 0 Å². The number of fused-ring (bicyclic) bond motifs is 5. The third-order valence-electron chi connectivity index (χ3n) is 10.3. The lowest BCUT2D eigenvalue weighted by Gasteiger charge is -2.59. The van der Waals surface area contributed by atoms with Crippen LogP contribution in [-0.4, -0.2) is 48.8 Å². The van der Waals surface area contributed by atoms with E-state index in [-0.39, 0.29) is 11.7 Å². The first-order valence-electron chi connectivity index (χ1n) is 13.0. The molecule has 5 rings (SSSR count). The number of hydrogen-bond acceptors (Lipinski definition) is 4. The first-order valence-corrected chi connectivity index (χ1v) is 13.0. The van der Waals surface area contributed by atoms with Gasteiger partial charge in [0.2, 0.25) is 0 Å². The zero-order valence-corrected chi connectivity index (χ0v) is 19.6. The maximum atomic E-state index is 14.4. The molecule has 0 radical (unpaired) electrons. The molecule has 5 fully saturated rings. The minimum Gasteiger partial charge on any atom is -0.394 e. The largest absolute Gasteiger partial charge is 0.394 e. The SMILES string of the molecule is CC12CCC3C(CCC4CC(=NOCCN5CCCCC5)CCC43C)C1CC(F)C2=O. The highest BCUT2D eigenvalue weighted by atomic mass is 19.1. The van der Waals surface area contributed by atoms with Crippen LogP contribution < -0.4 is 0 Å². The minimum absolute atomic E-state index is 0.0945. The fourth-order valence-electron chi connectivity index (χ4n) is 8.38. The molecule has 7 unspecified atom stereocenters. The summed E-state index contributed by atoms with van der Waals surface area (Å²) >= 11 is 0. The lowest BCUT2D eigenvalue weighted by Crippen LogP contribution is -2.53. The second-order valence-corrected chi connectivity index (χ2v) is 11.8. The molecule has 4 nitrogen and oxygen atoms in total. The molecule has 174 valence electrons. The van der Waals surface area contributed by atoms with Crippen molar-refractivity contribution in [1.29, 1.82) is 0 Å². The predicted octanol–water partition coefficient (Wildman–Crippen LogP) is 5.40. The van der Waals surface area contributed by atoms with Gasteiger partial charge in [-0.3, -0.25) is 9.69 Å². The van der Waals surface area contributed by atoms with Crippen LogP contribution in [-0.2, 0) is 9.63 Å². The second kappa shape index (κ2) is 8.43. The Bertz CT molecular complexity index is 720. The fourth-order valence-corrected chi connectivity index (χ4v) is 8.38. The smallest absolute Gasteiger partial charge is 0.173 e. The van der Waals surface area contributed by atoms with E-state index in [1.54, 1.807) is 0 Å². The molecule has 4 aliphatic carbocycles. The summed E-state index contributed by atoms with van der Waals surface area (Å²) in [6.07, 6.45) is 10.9. The van der Waals surface area contributed by atoms with Gasteiger partial charge < -0.3 is 4.84 Å². The van der Waals surface area contributed by atoms with Crippen LogP contribution in [0, 0.1) is 34.5 Å². The molecule has 4 saturated carbocycles. The van der Waals surface area contributed by atoms with Gasteiger partial charge in [0, 0.05) is 12.0 Å². The van der Waals surface area contributed by atoms with Crippen LogP contribution in [0.25, 0.3) is 0 Å². The van der Waals surface area contributed by atoms with Crippen LogP contribution in [0.4, 0.5) is 4.39 Å². The second-order valence-electron chi connectivity index (χ2n) is 11.8. The zero-order chi connectivity index (χ0) is 21.6. The molecule has 0 aromatic carbocycles. The summed E-state index contributed by atoms with van der Waals surface area (Å²) in [6, 6.07) is 0. The maximum Gasteiger partial charge on any atom is 0.173 e. The Morgan fingerprint density at radius 1 is 1.10 bits per heavy atom. The van der Waals surface area contributed by atoms with E-state index in [9.17, 15) is 9.18 Å². The number of carbonyl (C=O) groups excluding carboxylic acids is 1. The third-order valence-corrected chi connectivity index (χ3v) is 10.3. The van der Waals surface area contributed by atoms with E-state index in [4.69, 9.17) is 4.84 Å². The number of ketones is 1. The molecule has 5 heteroatoms. The summed E-state index contributed by atoms with van der Waals surface area (Å²) in [5, 5.41) is 4.57. The first kappa shape index (κ1) is 21.9. The number of hydrogen-bond donors (Lipinski definition) is 0. The lowest BCUT2D eigenvalue weighted by molar-refractivity contribution is -0.138. The molecule has 1 heterocycles. The Balaban J connectivity index is 1.19. The number of carbonyl (C=O) groups is 1. The number of piperidine rings is 1. The van der Waals surface area contributed by atoms with E-state index in [1.165, 1.54) is 50.9 Å². The minimum atomic E-state index is -1.22. The van der Waals surface area contributed by atoms with Gasteiger partial charge in [-0.05, 0) is 106 Å². The van der Waals surface area contributed by atoms with E-state index in [0.717, 1.165) is 38.6 Å². The van der Waals surface area contributed by atoms with E-state index < -0.39 is 11.6 Å². The number of rotatable bonds is 4. The number of alkyl halides is 1. The van der Waals surface area contributed by atoms with Crippen LogP contribution in [0.15, 0.2) is 5.16 Å². The summed E-state index contributed by atoms with van der Waals surface area (Å²) in [5.74, 6) is 2.00. The van der Waals surface area contributed by atoms with Crippen molar-refractivity contribution in [3.63, 3.8) is 0 Å². The van der Waals surface area contributed by atoms with Gasteiger partial charge in [-0.2, -0.15) is 0 Å². The predicted molar refractivity (Wildman–Crippen MR) is 121 cm³/mol. The summed E-state index contributed by atoms with van der Waals surface area (Å²) in [7, 11) is 0. The Morgan fingerprint density at radius 3 is 2.71 bits per heavy atom.